The van der Waals surface area contributed by atoms with Crippen LogP contribution >= 0.6 is 11.6 Å². The largest absolute Gasteiger partial charge is 0.309 e. The predicted molar refractivity (Wildman–Crippen MR) is 118 cm³/mol. The summed E-state index contributed by atoms with van der Waals surface area (Å²) < 4.78 is 13.4. The van der Waals surface area contributed by atoms with Crippen LogP contribution in [0.4, 0.5) is 4.39 Å². The molecule has 4 rings (SSSR count). The molecule has 0 spiro atoms. The highest BCUT2D eigenvalue weighted by Gasteiger charge is 2.22. The van der Waals surface area contributed by atoms with Gasteiger partial charge in [0, 0.05) is 29.7 Å². The van der Waals surface area contributed by atoms with E-state index in [1.165, 1.54) is 31.5 Å². The zero-order valence-electron chi connectivity index (χ0n) is 17.2. The minimum Gasteiger partial charge on any atom is -0.309 e. The number of nitrogens with zero attached hydrogens (tertiary/aromatic N) is 4. The van der Waals surface area contributed by atoms with E-state index in [0.29, 0.717) is 24.2 Å². The van der Waals surface area contributed by atoms with E-state index in [1.54, 1.807) is 10.9 Å². The molecular formula is C23H27ClFN5. The first-order chi connectivity index (χ1) is 14.6. The summed E-state index contributed by atoms with van der Waals surface area (Å²) in [7, 11) is 0. The lowest BCUT2D eigenvalue weighted by Gasteiger charge is -2.22. The topological polar surface area (TPSA) is 46.0 Å². The van der Waals surface area contributed by atoms with Crippen molar-refractivity contribution in [3.05, 3.63) is 70.6 Å². The average Bonchev–Trinajstić information content (AvgIpc) is 3.37. The molecule has 1 saturated heterocycles. The van der Waals surface area contributed by atoms with Gasteiger partial charge in [-0.25, -0.2) is 4.39 Å². The van der Waals surface area contributed by atoms with Crippen molar-refractivity contribution in [2.24, 2.45) is 0 Å². The number of likely N-dealkylation sites (N-methyl/N-ethyl adjacent to an activating group) is 1. The molecule has 7 heteroatoms. The highest BCUT2D eigenvalue weighted by molar-refractivity contribution is 6.31. The van der Waals surface area contributed by atoms with Crippen molar-refractivity contribution in [3.8, 4) is 11.3 Å². The molecule has 2 heterocycles. The highest BCUT2D eigenvalue weighted by atomic mass is 35.5. The second kappa shape index (κ2) is 9.69. The Labute approximate surface area is 181 Å². The second-order valence-corrected chi connectivity index (χ2v) is 8.09. The molecule has 5 nitrogen and oxygen atoms in total. The van der Waals surface area contributed by atoms with Crippen LogP contribution in [-0.4, -0.2) is 45.6 Å². The van der Waals surface area contributed by atoms with Gasteiger partial charge in [0.05, 0.1) is 6.54 Å². The van der Waals surface area contributed by atoms with Crippen LogP contribution in [0.1, 0.15) is 31.0 Å². The van der Waals surface area contributed by atoms with Crippen molar-refractivity contribution in [3.63, 3.8) is 0 Å². The smallest absolute Gasteiger partial charge is 0.124 e. The standard InChI is InChI=1S/C23H27ClFN5/c1-2-29-12-6-9-20(29)14-26-15-22-23(17-7-4-3-5-8-17)28-30(27-22)16-18-10-11-19(25)13-21(18)24/h3-5,7-8,10-11,13,20,26H,2,6,9,12,14-16H2,1H3/t20-/m0/s1. The number of aromatic nitrogens is 3. The summed E-state index contributed by atoms with van der Waals surface area (Å²) in [5.41, 5.74) is 3.58. The summed E-state index contributed by atoms with van der Waals surface area (Å²) in [5.74, 6) is -0.347. The molecular weight excluding hydrogens is 401 g/mol. The Kier molecular flexibility index (Phi) is 6.77. The lowest BCUT2D eigenvalue weighted by atomic mass is 10.1. The molecule has 1 aliphatic heterocycles. The number of halogens is 2. The van der Waals surface area contributed by atoms with Crippen LogP contribution in [0, 0.1) is 5.82 Å². The molecule has 1 N–H and O–H groups in total. The Bertz CT molecular complexity index is 975. The Balaban J connectivity index is 1.52. The third kappa shape index (κ3) is 4.89. The Morgan fingerprint density at radius 1 is 1.17 bits per heavy atom. The molecule has 0 aliphatic carbocycles. The molecule has 2 aromatic carbocycles. The van der Waals surface area contributed by atoms with E-state index in [9.17, 15) is 4.39 Å². The van der Waals surface area contributed by atoms with Gasteiger partial charge in [-0.3, -0.25) is 4.90 Å². The Hall–Kier alpha value is -2.28. The molecule has 158 valence electrons. The maximum Gasteiger partial charge on any atom is 0.124 e. The SMILES string of the molecule is CCN1CCC[C@H]1CNCc1nn(Cc2ccc(F)cc2Cl)nc1-c1ccccc1. The quantitative estimate of drug-likeness (QED) is 0.580. The maximum absolute atomic E-state index is 13.4. The van der Waals surface area contributed by atoms with Crippen LogP contribution in [0.3, 0.4) is 0 Å². The normalized spacial score (nSPS) is 17.0. The van der Waals surface area contributed by atoms with E-state index in [0.717, 1.165) is 35.6 Å². The first-order valence-corrected chi connectivity index (χ1v) is 10.9. The van der Waals surface area contributed by atoms with Crippen LogP contribution < -0.4 is 5.32 Å². The first-order valence-electron chi connectivity index (χ1n) is 10.5. The van der Waals surface area contributed by atoms with Gasteiger partial charge >= 0.3 is 0 Å². The number of nitrogens with one attached hydrogen (secondary N) is 1. The molecule has 1 aromatic heterocycles. The molecule has 1 atom stereocenters. The summed E-state index contributed by atoms with van der Waals surface area (Å²) in [5, 5.41) is 13.4. The van der Waals surface area contributed by atoms with E-state index in [1.807, 2.05) is 30.3 Å². The molecule has 0 unspecified atom stereocenters. The summed E-state index contributed by atoms with van der Waals surface area (Å²) in [6.07, 6.45) is 2.51. The fourth-order valence-corrected chi connectivity index (χ4v) is 4.32. The van der Waals surface area contributed by atoms with Gasteiger partial charge in [0.2, 0.25) is 0 Å². The van der Waals surface area contributed by atoms with Crippen molar-refractivity contribution < 1.29 is 4.39 Å². The van der Waals surface area contributed by atoms with Crippen molar-refractivity contribution in [2.45, 2.75) is 38.9 Å². The summed E-state index contributed by atoms with van der Waals surface area (Å²) in [6.45, 7) is 6.49. The minimum atomic E-state index is -0.347. The summed E-state index contributed by atoms with van der Waals surface area (Å²) in [4.78, 5) is 4.17. The van der Waals surface area contributed by atoms with Crippen LogP contribution in [0.15, 0.2) is 48.5 Å². The minimum absolute atomic E-state index is 0.347. The third-order valence-corrected chi connectivity index (χ3v) is 6.03. The van der Waals surface area contributed by atoms with Crippen molar-refractivity contribution in [2.75, 3.05) is 19.6 Å². The van der Waals surface area contributed by atoms with E-state index in [-0.39, 0.29) is 5.82 Å². The van der Waals surface area contributed by atoms with E-state index in [4.69, 9.17) is 21.8 Å². The van der Waals surface area contributed by atoms with E-state index < -0.39 is 0 Å². The maximum atomic E-state index is 13.4. The third-order valence-electron chi connectivity index (χ3n) is 5.68. The highest BCUT2D eigenvalue weighted by Crippen LogP contribution is 2.23. The number of likely N-dealkylation sites (tertiary alicyclic amines) is 1. The zero-order chi connectivity index (χ0) is 20.9. The van der Waals surface area contributed by atoms with Gasteiger partial charge in [0.25, 0.3) is 0 Å². The van der Waals surface area contributed by atoms with Crippen LogP contribution in [0.2, 0.25) is 5.02 Å². The number of hydrogen-bond donors (Lipinski definition) is 1. The average molecular weight is 428 g/mol. The van der Waals surface area contributed by atoms with Crippen LogP contribution in [-0.2, 0) is 13.1 Å². The van der Waals surface area contributed by atoms with Gasteiger partial charge in [-0.1, -0.05) is 54.9 Å². The van der Waals surface area contributed by atoms with Gasteiger partial charge in [0.1, 0.15) is 17.2 Å². The van der Waals surface area contributed by atoms with Gasteiger partial charge in [-0.2, -0.15) is 15.0 Å². The van der Waals surface area contributed by atoms with Crippen LogP contribution in [0.5, 0.6) is 0 Å². The zero-order valence-corrected chi connectivity index (χ0v) is 17.9. The molecule has 0 radical (unpaired) electrons. The van der Waals surface area contributed by atoms with Crippen molar-refractivity contribution in [1.29, 1.82) is 0 Å². The molecule has 0 bridgehead atoms. The molecule has 0 amide bonds. The second-order valence-electron chi connectivity index (χ2n) is 7.68. The molecule has 1 fully saturated rings. The molecule has 30 heavy (non-hydrogen) atoms. The monoisotopic (exact) mass is 427 g/mol. The molecule has 0 saturated carbocycles. The van der Waals surface area contributed by atoms with E-state index >= 15 is 0 Å². The Morgan fingerprint density at radius 2 is 2.00 bits per heavy atom. The lowest BCUT2D eigenvalue weighted by Crippen LogP contribution is -2.37. The molecule has 3 aromatic rings. The van der Waals surface area contributed by atoms with Crippen molar-refractivity contribution in [1.82, 2.24) is 25.2 Å². The summed E-state index contributed by atoms with van der Waals surface area (Å²) in [6, 6.07) is 15.1. The number of rotatable bonds is 8. The van der Waals surface area contributed by atoms with Gasteiger partial charge < -0.3 is 5.32 Å². The molecule has 1 aliphatic rings. The van der Waals surface area contributed by atoms with Crippen molar-refractivity contribution >= 4 is 11.6 Å². The predicted octanol–water partition coefficient (Wildman–Crippen LogP) is 4.36. The van der Waals surface area contributed by atoms with E-state index in [2.05, 4.69) is 17.1 Å². The fourth-order valence-electron chi connectivity index (χ4n) is 4.09. The Morgan fingerprint density at radius 3 is 2.77 bits per heavy atom. The van der Waals surface area contributed by atoms with Gasteiger partial charge in [-0.05, 0) is 43.6 Å². The fraction of sp³-hybridized carbons (Fsp3) is 0.391. The first kappa shape index (κ1) is 21.0. The number of benzene rings is 2. The summed E-state index contributed by atoms with van der Waals surface area (Å²) >= 11 is 6.20. The van der Waals surface area contributed by atoms with Crippen LogP contribution in [0.25, 0.3) is 11.3 Å². The van der Waals surface area contributed by atoms with Gasteiger partial charge in [0.15, 0.2) is 0 Å². The van der Waals surface area contributed by atoms with Gasteiger partial charge in [-0.15, -0.1) is 0 Å². The number of hydrogen-bond acceptors (Lipinski definition) is 4. The lowest BCUT2D eigenvalue weighted by molar-refractivity contribution is 0.259.